The Morgan fingerprint density at radius 1 is 0.806 bits per heavy atom. The molecule has 1 amide bonds. The zero-order chi connectivity index (χ0) is 21.6. The molecule has 0 unspecified atom stereocenters. The highest BCUT2D eigenvalue weighted by Crippen LogP contribution is 2.35. The van der Waals surface area contributed by atoms with Crippen LogP contribution in [0.15, 0.2) is 102 Å². The van der Waals surface area contributed by atoms with Crippen LogP contribution in [0.3, 0.4) is 0 Å². The zero-order valence-corrected chi connectivity index (χ0v) is 18.2. The van der Waals surface area contributed by atoms with E-state index in [9.17, 15) is 9.59 Å². The number of amides is 1. The van der Waals surface area contributed by atoms with Gasteiger partial charge in [0.1, 0.15) is 4.32 Å². The summed E-state index contributed by atoms with van der Waals surface area (Å²) in [7, 11) is 0. The first-order valence-corrected chi connectivity index (χ1v) is 11.0. The number of ketones is 1. The minimum atomic E-state index is -0.216. The molecule has 0 atom stereocenters. The Hall–Kier alpha value is -3.28. The Bertz CT molecular complexity index is 1180. The van der Waals surface area contributed by atoms with Crippen molar-refractivity contribution >= 4 is 51.1 Å². The Balaban J connectivity index is 1.84. The first-order chi connectivity index (χ1) is 15.1. The third-order valence-electron chi connectivity index (χ3n) is 4.86. The van der Waals surface area contributed by atoms with Gasteiger partial charge in [0.15, 0.2) is 5.78 Å². The second-order valence-electron chi connectivity index (χ2n) is 6.95. The van der Waals surface area contributed by atoms with Crippen molar-refractivity contribution in [3.63, 3.8) is 0 Å². The summed E-state index contributed by atoms with van der Waals surface area (Å²) in [5.41, 5.74) is 4.08. The lowest BCUT2D eigenvalue weighted by atomic mass is 9.93. The lowest BCUT2D eigenvalue weighted by molar-refractivity contribution is -0.115. The van der Waals surface area contributed by atoms with Gasteiger partial charge in [0.2, 0.25) is 0 Å². The van der Waals surface area contributed by atoms with Gasteiger partial charge in [-0.2, -0.15) is 0 Å². The minimum absolute atomic E-state index is 0.0205. The summed E-state index contributed by atoms with van der Waals surface area (Å²) in [6.45, 7) is 0. The van der Waals surface area contributed by atoms with Gasteiger partial charge < -0.3 is 5.32 Å². The number of Topliss-reactive ketones (excluding diaryl/α,β-unsaturated/α-hetero) is 1. The molecule has 1 saturated heterocycles. The topological polar surface area (TPSA) is 46.2 Å². The molecule has 0 radical (unpaired) electrons. The van der Waals surface area contributed by atoms with Gasteiger partial charge in [0.05, 0.1) is 4.91 Å². The van der Waals surface area contributed by atoms with Crippen LogP contribution in [0.2, 0.25) is 0 Å². The van der Waals surface area contributed by atoms with Crippen molar-refractivity contribution in [3.05, 3.63) is 119 Å². The quantitative estimate of drug-likeness (QED) is 0.294. The average Bonchev–Trinajstić information content (AvgIpc) is 3.15. The molecule has 3 nitrogen and oxygen atoms in total. The van der Waals surface area contributed by atoms with Gasteiger partial charge in [-0.05, 0) is 22.8 Å². The van der Waals surface area contributed by atoms with Crippen molar-refractivity contribution < 1.29 is 9.59 Å². The first kappa shape index (κ1) is 21.0. The molecule has 0 aliphatic carbocycles. The van der Waals surface area contributed by atoms with E-state index in [1.165, 1.54) is 11.8 Å². The smallest absolute Gasteiger partial charge is 0.264 e. The van der Waals surface area contributed by atoms with Crippen molar-refractivity contribution in [3.8, 4) is 0 Å². The number of hydrogen-bond acceptors (Lipinski definition) is 4. The normalized spacial score (nSPS) is 15.5. The molecule has 1 fully saturated rings. The van der Waals surface area contributed by atoms with Gasteiger partial charge in [0, 0.05) is 17.6 Å². The van der Waals surface area contributed by atoms with Crippen LogP contribution in [0.25, 0.3) is 11.1 Å². The molecule has 5 heteroatoms. The fraction of sp³-hybridized carbons (Fsp3) is 0.0385. The fourth-order valence-electron chi connectivity index (χ4n) is 3.35. The summed E-state index contributed by atoms with van der Waals surface area (Å²) in [4.78, 5) is 26.1. The zero-order valence-electron chi connectivity index (χ0n) is 16.6. The van der Waals surface area contributed by atoms with Crippen molar-refractivity contribution in [2.75, 3.05) is 0 Å². The highest BCUT2D eigenvalue weighted by atomic mass is 32.2. The summed E-state index contributed by atoms with van der Waals surface area (Å²) in [6, 6.07) is 28.7. The van der Waals surface area contributed by atoms with Crippen LogP contribution in [-0.4, -0.2) is 16.0 Å². The minimum Gasteiger partial charge on any atom is -0.307 e. The van der Waals surface area contributed by atoms with E-state index in [0.29, 0.717) is 14.8 Å². The van der Waals surface area contributed by atoms with Crippen LogP contribution in [0.5, 0.6) is 0 Å². The third-order valence-corrected chi connectivity index (χ3v) is 6.10. The van der Waals surface area contributed by atoms with Crippen LogP contribution in [-0.2, 0) is 4.79 Å². The molecular weight excluding hydrogens is 422 g/mol. The largest absolute Gasteiger partial charge is 0.307 e. The summed E-state index contributed by atoms with van der Waals surface area (Å²) in [5, 5.41) is 2.70. The third kappa shape index (κ3) is 5.08. The summed E-state index contributed by atoms with van der Waals surface area (Å²) in [6.07, 6.45) is 2.16. The lowest BCUT2D eigenvalue weighted by Gasteiger charge is -2.12. The van der Waals surface area contributed by atoms with Gasteiger partial charge in [0.25, 0.3) is 5.91 Å². The van der Waals surface area contributed by atoms with Gasteiger partial charge in [-0.25, -0.2) is 0 Å². The Labute approximate surface area is 190 Å². The van der Waals surface area contributed by atoms with Crippen LogP contribution < -0.4 is 5.32 Å². The molecule has 1 N–H and O–H groups in total. The van der Waals surface area contributed by atoms with E-state index in [2.05, 4.69) is 5.32 Å². The second-order valence-corrected chi connectivity index (χ2v) is 8.64. The van der Waals surface area contributed by atoms with E-state index in [1.807, 2.05) is 97.1 Å². The molecule has 3 aromatic rings. The Morgan fingerprint density at radius 2 is 1.32 bits per heavy atom. The van der Waals surface area contributed by atoms with Gasteiger partial charge in [-0.1, -0.05) is 115 Å². The molecule has 3 aromatic carbocycles. The first-order valence-electron chi connectivity index (χ1n) is 9.79. The SMILES string of the molecule is O=C1NC(=S)S/C1=C(/C=C(\CC(=O)c1ccccc1)c1ccccc1)c1ccccc1. The van der Waals surface area contributed by atoms with E-state index < -0.39 is 0 Å². The molecule has 0 saturated carbocycles. The Morgan fingerprint density at radius 3 is 1.84 bits per heavy atom. The Kier molecular flexibility index (Phi) is 6.55. The number of carbonyl (C=O) groups excluding carboxylic acids is 2. The van der Waals surface area contributed by atoms with E-state index in [0.717, 1.165) is 22.3 Å². The van der Waals surface area contributed by atoms with E-state index in [1.54, 1.807) is 0 Å². The number of benzene rings is 3. The fourth-order valence-corrected chi connectivity index (χ4v) is 4.45. The highest BCUT2D eigenvalue weighted by molar-refractivity contribution is 8.26. The van der Waals surface area contributed by atoms with Crippen molar-refractivity contribution in [2.24, 2.45) is 0 Å². The maximum Gasteiger partial charge on any atom is 0.264 e. The van der Waals surface area contributed by atoms with E-state index in [-0.39, 0.29) is 18.1 Å². The standard InChI is InChI=1S/C26H19NO2S2/c28-23(20-14-8-3-9-15-20)17-21(18-10-4-1-5-11-18)16-22(19-12-6-2-7-13-19)24-25(29)27-26(30)31-24/h1-16H,17H2,(H,27,29,30)/b21-16+,24-22-. The second kappa shape index (κ2) is 9.69. The molecule has 4 rings (SSSR count). The summed E-state index contributed by atoms with van der Waals surface area (Å²) >= 11 is 6.46. The lowest BCUT2D eigenvalue weighted by Crippen LogP contribution is -2.18. The number of thiocarbonyl (C=S) groups is 1. The van der Waals surface area contributed by atoms with Gasteiger partial charge in [-0.3, -0.25) is 9.59 Å². The van der Waals surface area contributed by atoms with Crippen molar-refractivity contribution in [2.45, 2.75) is 6.42 Å². The van der Waals surface area contributed by atoms with Crippen LogP contribution >= 0.6 is 24.0 Å². The van der Waals surface area contributed by atoms with E-state index >= 15 is 0 Å². The monoisotopic (exact) mass is 441 g/mol. The predicted molar refractivity (Wildman–Crippen MR) is 132 cm³/mol. The predicted octanol–water partition coefficient (Wildman–Crippen LogP) is 5.90. The molecule has 1 aliphatic rings. The number of carbonyl (C=O) groups is 2. The summed E-state index contributed by atoms with van der Waals surface area (Å²) < 4.78 is 0.434. The maximum absolute atomic E-state index is 13.0. The molecule has 152 valence electrons. The molecule has 0 spiro atoms. The molecule has 31 heavy (non-hydrogen) atoms. The van der Waals surface area contributed by atoms with Crippen LogP contribution in [0.1, 0.15) is 27.9 Å². The number of nitrogens with one attached hydrogen (secondary N) is 1. The molecule has 1 heterocycles. The summed E-state index contributed by atoms with van der Waals surface area (Å²) in [5.74, 6) is -0.195. The molecule has 0 bridgehead atoms. The van der Waals surface area contributed by atoms with Crippen molar-refractivity contribution in [1.29, 1.82) is 0 Å². The number of rotatable bonds is 6. The van der Waals surface area contributed by atoms with Crippen LogP contribution in [0, 0.1) is 0 Å². The van der Waals surface area contributed by atoms with E-state index in [4.69, 9.17) is 12.2 Å². The molecule has 1 aliphatic heterocycles. The number of hydrogen-bond donors (Lipinski definition) is 1. The molecular formula is C26H19NO2S2. The van der Waals surface area contributed by atoms with Gasteiger partial charge >= 0.3 is 0 Å². The number of allylic oxidation sites excluding steroid dienone is 3. The maximum atomic E-state index is 13.0. The highest BCUT2D eigenvalue weighted by Gasteiger charge is 2.26. The average molecular weight is 442 g/mol. The van der Waals surface area contributed by atoms with Crippen molar-refractivity contribution in [1.82, 2.24) is 5.32 Å². The number of thioether (sulfide) groups is 1. The van der Waals surface area contributed by atoms with Crippen LogP contribution in [0.4, 0.5) is 0 Å². The molecule has 0 aromatic heterocycles. The van der Waals surface area contributed by atoms with Gasteiger partial charge in [-0.15, -0.1) is 0 Å².